The van der Waals surface area contributed by atoms with Crippen LogP contribution in [0.25, 0.3) is 5.57 Å². The molecule has 0 aromatic carbocycles. The first kappa shape index (κ1) is 9.04. The summed E-state index contributed by atoms with van der Waals surface area (Å²) in [5.41, 5.74) is 3.32. The molecule has 1 rings (SSSR count). The Morgan fingerprint density at radius 3 is 2.42 bits per heavy atom. The third-order valence-electron chi connectivity index (χ3n) is 1.91. The van der Waals surface area contributed by atoms with Crippen molar-refractivity contribution in [2.45, 2.75) is 33.7 Å². The van der Waals surface area contributed by atoms with E-state index in [1.54, 1.807) is 0 Å². The Hall–Kier alpha value is -1.05. The summed E-state index contributed by atoms with van der Waals surface area (Å²) in [6.07, 6.45) is 2.06. The lowest BCUT2D eigenvalue weighted by atomic mass is 10.1. The van der Waals surface area contributed by atoms with Gasteiger partial charge in [-0.15, -0.1) is 0 Å². The predicted molar refractivity (Wildman–Crippen MR) is 52.1 cm³/mol. The van der Waals surface area contributed by atoms with Gasteiger partial charge < -0.3 is 0 Å². The average molecular weight is 164 g/mol. The maximum Gasteiger partial charge on any atom is 0.0668 e. The van der Waals surface area contributed by atoms with Crippen molar-refractivity contribution in [1.82, 2.24) is 9.78 Å². The average Bonchev–Trinajstić information content (AvgIpc) is 2.30. The van der Waals surface area contributed by atoms with Crippen LogP contribution in [0.4, 0.5) is 0 Å². The van der Waals surface area contributed by atoms with Gasteiger partial charge in [-0.1, -0.05) is 6.58 Å². The fraction of sp³-hybridized carbons (Fsp3) is 0.500. The number of hydrogen-bond donors (Lipinski definition) is 0. The molecule has 12 heavy (non-hydrogen) atoms. The molecule has 0 atom stereocenters. The number of aromatic nitrogens is 2. The Labute approximate surface area is 73.9 Å². The monoisotopic (exact) mass is 164 g/mol. The summed E-state index contributed by atoms with van der Waals surface area (Å²) in [6.45, 7) is 12.2. The fourth-order valence-corrected chi connectivity index (χ4v) is 1.17. The normalized spacial score (nSPS) is 10.8. The van der Waals surface area contributed by atoms with Gasteiger partial charge in [0.25, 0.3) is 0 Å². The van der Waals surface area contributed by atoms with Crippen molar-refractivity contribution in [3.05, 3.63) is 24.0 Å². The van der Waals surface area contributed by atoms with Crippen LogP contribution >= 0.6 is 0 Å². The van der Waals surface area contributed by atoms with Gasteiger partial charge in [-0.05, 0) is 33.3 Å². The molecule has 0 saturated carbocycles. The lowest BCUT2D eigenvalue weighted by Gasteiger charge is -2.02. The molecular formula is C10H16N2. The van der Waals surface area contributed by atoms with Crippen molar-refractivity contribution in [2.24, 2.45) is 0 Å². The van der Waals surface area contributed by atoms with E-state index in [0.29, 0.717) is 6.04 Å². The smallest absolute Gasteiger partial charge is 0.0668 e. The summed E-state index contributed by atoms with van der Waals surface area (Å²) in [7, 11) is 0. The first-order valence-electron chi connectivity index (χ1n) is 4.24. The van der Waals surface area contributed by atoms with Crippen molar-refractivity contribution in [3.8, 4) is 0 Å². The molecule has 0 N–H and O–H groups in total. The van der Waals surface area contributed by atoms with E-state index in [9.17, 15) is 0 Å². The van der Waals surface area contributed by atoms with E-state index >= 15 is 0 Å². The molecule has 0 unspecified atom stereocenters. The van der Waals surface area contributed by atoms with Crippen LogP contribution in [0.2, 0.25) is 0 Å². The summed E-state index contributed by atoms with van der Waals surface area (Å²) < 4.78 is 1.97. The quantitative estimate of drug-likeness (QED) is 0.657. The molecule has 0 fully saturated rings. The van der Waals surface area contributed by atoms with Crippen LogP contribution in [-0.2, 0) is 0 Å². The van der Waals surface area contributed by atoms with Crippen molar-refractivity contribution in [1.29, 1.82) is 0 Å². The summed E-state index contributed by atoms with van der Waals surface area (Å²) in [5.74, 6) is 0. The van der Waals surface area contributed by atoms with Crippen LogP contribution in [0.3, 0.4) is 0 Å². The van der Waals surface area contributed by atoms with Gasteiger partial charge in [-0.2, -0.15) is 5.10 Å². The van der Waals surface area contributed by atoms with Gasteiger partial charge in [0.15, 0.2) is 0 Å². The molecule has 1 heterocycles. The van der Waals surface area contributed by atoms with Crippen LogP contribution in [0.15, 0.2) is 12.8 Å². The lowest BCUT2D eigenvalue weighted by Crippen LogP contribution is -2.00. The van der Waals surface area contributed by atoms with E-state index in [-0.39, 0.29) is 0 Å². The Balaban J connectivity index is 3.09. The van der Waals surface area contributed by atoms with E-state index < -0.39 is 0 Å². The number of allylic oxidation sites excluding steroid dienone is 1. The predicted octanol–water partition coefficient (Wildman–Crippen LogP) is 2.81. The first-order chi connectivity index (χ1) is 5.52. The molecule has 0 amide bonds. The number of rotatable bonds is 2. The summed E-state index contributed by atoms with van der Waals surface area (Å²) in [4.78, 5) is 0. The Kier molecular flexibility index (Phi) is 2.36. The molecule has 2 nitrogen and oxygen atoms in total. The highest BCUT2D eigenvalue weighted by molar-refractivity contribution is 5.62. The molecule has 0 aliphatic heterocycles. The van der Waals surface area contributed by atoms with Gasteiger partial charge in [-0.25, -0.2) is 0 Å². The van der Waals surface area contributed by atoms with E-state index in [1.165, 1.54) is 5.56 Å². The zero-order valence-electron chi connectivity index (χ0n) is 8.26. The minimum Gasteiger partial charge on any atom is -0.269 e. The SMILES string of the molecule is C=C(C)c1cn(C(C)C)nc1C. The van der Waals surface area contributed by atoms with Gasteiger partial charge in [0.1, 0.15) is 0 Å². The van der Waals surface area contributed by atoms with Gasteiger partial charge in [0, 0.05) is 17.8 Å². The number of aryl methyl sites for hydroxylation is 1. The fourth-order valence-electron chi connectivity index (χ4n) is 1.17. The van der Waals surface area contributed by atoms with Gasteiger partial charge >= 0.3 is 0 Å². The van der Waals surface area contributed by atoms with Crippen LogP contribution in [-0.4, -0.2) is 9.78 Å². The second-order valence-electron chi connectivity index (χ2n) is 3.48. The molecular weight excluding hydrogens is 148 g/mol. The molecule has 0 radical (unpaired) electrons. The maximum absolute atomic E-state index is 4.39. The first-order valence-corrected chi connectivity index (χ1v) is 4.24. The zero-order valence-corrected chi connectivity index (χ0v) is 8.26. The minimum absolute atomic E-state index is 0.428. The molecule has 0 aliphatic carbocycles. The van der Waals surface area contributed by atoms with Gasteiger partial charge in [0.2, 0.25) is 0 Å². The molecule has 0 saturated heterocycles. The Bertz CT molecular complexity index is 295. The Morgan fingerprint density at radius 2 is 2.17 bits per heavy atom. The topological polar surface area (TPSA) is 17.8 Å². The second-order valence-corrected chi connectivity index (χ2v) is 3.48. The van der Waals surface area contributed by atoms with Gasteiger partial charge in [-0.3, -0.25) is 4.68 Å². The van der Waals surface area contributed by atoms with Gasteiger partial charge in [0.05, 0.1) is 5.69 Å². The number of nitrogens with zero attached hydrogens (tertiary/aromatic N) is 2. The minimum atomic E-state index is 0.428. The third-order valence-corrected chi connectivity index (χ3v) is 1.91. The van der Waals surface area contributed by atoms with E-state index in [4.69, 9.17) is 0 Å². The van der Waals surface area contributed by atoms with Crippen LogP contribution in [0, 0.1) is 6.92 Å². The largest absolute Gasteiger partial charge is 0.269 e. The van der Waals surface area contributed by atoms with E-state index in [2.05, 4.69) is 31.7 Å². The van der Waals surface area contributed by atoms with E-state index in [0.717, 1.165) is 11.3 Å². The highest BCUT2D eigenvalue weighted by Gasteiger charge is 2.06. The van der Waals surface area contributed by atoms with Crippen molar-refractivity contribution in [2.75, 3.05) is 0 Å². The van der Waals surface area contributed by atoms with Crippen LogP contribution < -0.4 is 0 Å². The molecule has 1 aromatic rings. The zero-order chi connectivity index (χ0) is 9.30. The molecule has 66 valence electrons. The highest BCUT2D eigenvalue weighted by Crippen LogP contribution is 2.17. The molecule has 2 heteroatoms. The second kappa shape index (κ2) is 3.13. The molecule has 0 spiro atoms. The summed E-state index contributed by atoms with van der Waals surface area (Å²) in [5, 5.41) is 4.39. The summed E-state index contributed by atoms with van der Waals surface area (Å²) in [6, 6.07) is 0.428. The number of hydrogen-bond acceptors (Lipinski definition) is 1. The molecule has 0 bridgehead atoms. The van der Waals surface area contributed by atoms with Crippen LogP contribution in [0.5, 0.6) is 0 Å². The molecule has 0 aliphatic rings. The highest BCUT2D eigenvalue weighted by atomic mass is 15.3. The molecule has 1 aromatic heterocycles. The third kappa shape index (κ3) is 1.58. The van der Waals surface area contributed by atoms with Crippen molar-refractivity contribution >= 4 is 5.57 Å². The lowest BCUT2D eigenvalue weighted by molar-refractivity contribution is 0.529. The van der Waals surface area contributed by atoms with Crippen molar-refractivity contribution < 1.29 is 0 Å². The standard InChI is InChI=1S/C10H16N2/c1-7(2)10-6-12(8(3)4)11-9(10)5/h6,8H,1H2,2-5H3. The van der Waals surface area contributed by atoms with Crippen LogP contribution in [0.1, 0.15) is 38.1 Å². The van der Waals surface area contributed by atoms with Crippen molar-refractivity contribution in [3.63, 3.8) is 0 Å². The Morgan fingerprint density at radius 1 is 1.58 bits per heavy atom. The maximum atomic E-state index is 4.39. The summed E-state index contributed by atoms with van der Waals surface area (Å²) >= 11 is 0. The van der Waals surface area contributed by atoms with E-state index in [1.807, 2.05) is 18.5 Å².